The zero-order chi connectivity index (χ0) is 13.5. The second kappa shape index (κ2) is 10.4. The SMILES string of the molecule is C[CH2][Al-]([CH2]C)[O]C(c1ccccc1)N1CCCCC1.[Na+]. The molecule has 1 fully saturated rings. The van der Waals surface area contributed by atoms with Crippen LogP contribution in [0.2, 0.25) is 10.6 Å². The molecule has 1 aromatic rings. The fraction of sp³-hybridized carbons (Fsp3) is 0.625. The summed E-state index contributed by atoms with van der Waals surface area (Å²) in [5, 5.41) is 2.46. The van der Waals surface area contributed by atoms with Gasteiger partial charge in [0.2, 0.25) is 0 Å². The zero-order valence-corrected chi connectivity index (χ0v) is 16.5. The molecule has 1 saturated heterocycles. The Balaban J connectivity index is 0.00000200. The molecule has 4 heteroatoms. The fourth-order valence-electron chi connectivity index (χ4n) is 2.81. The van der Waals surface area contributed by atoms with Gasteiger partial charge in [-0.15, -0.1) is 13.8 Å². The first-order valence-electron chi connectivity index (χ1n) is 7.79. The Morgan fingerprint density at radius 1 is 1.05 bits per heavy atom. The van der Waals surface area contributed by atoms with Gasteiger partial charge < -0.3 is 3.79 Å². The molecular formula is C16H26AlNNaO. The maximum absolute atomic E-state index is 6.54. The fourth-order valence-corrected chi connectivity index (χ4v) is 4.47. The van der Waals surface area contributed by atoms with Crippen LogP contribution in [0, 0.1) is 0 Å². The van der Waals surface area contributed by atoms with Crippen LogP contribution in [0.25, 0.3) is 0 Å². The van der Waals surface area contributed by atoms with E-state index in [0.29, 0.717) is 0 Å². The van der Waals surface area contributed by atoms with Crippen molar-refractivity contribution >= 4 is 14.5 Å². The van der Waals surface area contributed by atoms with Gasteiger partial charge in [0, 0.05) is 13.1 Å². The van der Waals surface area contributed by atoms with Crippen molar-refractivity contribution in [3.8, 4) is 0 Å². The number of nitrogens with zero attached hydrogens (tertiary/aromatic N) is 1. The maximum atomic E-state index is 6.54. The summed E-state index contributed by atoms with van der Waals surface area (Å²) in [4.78, 5) is 2.55. The molecule has 105 valence electrons. The Labute approximate surface area is 150 Å². The van der Waals surface area contributed by atoms with Crippen LogP contribution in [0.3, 0.4) is 0 Å². The van der Waals surface area contributed by atoms with Crippen molar-refractivity contribution in [2.75, 3.05) is 13.1 Å². The number of hydrogen-bond acceptors (Lipinski definition) is 2. The van der Waals surface area contributed by atoms with Crippen LogP contribution in [0.15, 0.2) is 30.3 Å². The van der Waals surface area contributed by atoms with Crippen LogP contribution in [-0.2, 0) is 3.79 Å². The van der Waals surface area contributed by atoms with Crippen molar-refractivity contribution in [3.63, 3.8) is 0 Å². The van der Waals surface area contributed by atoms with Crippen molar-refractivity contribution in [1.82, 2.24) is 4.90 Å². The maximum Gasteiger partial charge on any atom is 1.00 e. The molecule has 0 saturated carbocycles. The Kier molecular flexibility index (Phi) is 9.74. The van der Waals surface area contributed by atoms with Crippen LogP contribution in [0.1, 0.15) is 44.9 Å². The van der Waals surface area contributed by atoms with E-state index in [9.17, 15) is 0 Å². The Bertz CT molecular complexity index is 353. The van der Waals surface area contributed by atoms with Gasteiger partial charge in [-0.05, 0) is 18.4 Å². The van der Waals surface area contributed by atoms with Gasteiger partial charge in [0.25, 0.3) is 0 Å². The van der Waals surface area contributed by atoms with Crippen molar-refractivity contribution < 1.29 is 33.3 Å². The van der Waals surface area contributed by atoms with E-state index in [1.54, 1.807) is 0 Å². The van der Waals surface area contributed by atoms with Gasteiger partial charge in [-0.2, -0.15) is 10.6 Å². The minimum absolute atomic E-state index is 0. The third kappa shape index (κ3) is 5.46. The van der Waals surface area contributed by atoms with Crippen LogP contribution in [0.4, 0.5) is 0 Å². The summed E-state index contributed by atoms with van der Waals surface area (Å²) in [5.74, 6) is 0. The van der Waals surface area contributed by atoms with Crippen molar-refractivity contribution in [2.24, 2.45) is 0 Å². The van der Waals surface area contributed by atoms with E-state index in [0.717, 1.165) is 0 Å². The number of likely N-dealkylation sites (tertiary alicyclic amines) is 1. The van der Waals surface area contributed by atoms with Gasteiger partial charge in [-0.1, -0.05) is 36.8 Å². The van der Waals surface area contributed by atoms with Gasteiger partial charge in [0.05, 0.1) is 6.23 Å². The summed E-state index contributed by atoms with van der Waals surface area (Å²) in [5.41, 5.74) is 1.34. The molecule has 1 unspecified atom stereocenters. The molecule has 0 aliphatic carbocycles. The zero-order valence-electron chi connectivity index (χ0n) is 13.3. The second-order valence-corrected chi connectivity index (χ2v) is 8.58. The number of rotatable bonds is 6. The first-order chi connectivity index (χ1) is 9.35. The van der Waals surface area contributed by atoms with Crippen molar-refractivity contribution in [3.05, 3.63) is 35.9 Å². The topological polar surface area (TPSA) is 12.5 Å². The molecule has 0 amide bonds. The molecule has 1 aliphatic heterocycles. The first kappa shape index (κ1) is 18.7. The summed E-state index contributed by atoms with van der Waals surface area (Å²) in [6, 6.07) is 10.8. The third-order valence-electron chi connectivity index (χ3n) is 4.04. The number of benzene rings is 1. The molecule has 0 bridgehead atoms. The van der Waals surface area contributed by atoms with Gasteiger partial charge in [-0.25, -0.2) is 0 Å². The molecule has 1 aliphatic rings. The molecule has 0 spiro atoms. The standard InChI is InChI=1S/C12H16NO.2C2H5.Al.Na/c14-12(11-7-3-1-4-8-11)13-9-5-2-6-10-13;2*1-2;;/h1,3-4,7-8,12H,2,5-6,9-10H2;2*1H2,2H3;;/q-1;;;;+1. The molecule has 2 rings (SSSR count). The molecule has 0 aromatic heterocycles. The number of hydrogen-bond donors (Lipinski definition) is 0. The number of piperidine rings is 1. The summed E-state index contributed by atoms with van der Waals surface area (Å²) >= 11 is -1.03. The van der Waals surface area contributed by atoms with E-state index >= 15 is 0 Å². The summed E-state index contributed by atoms with van der Waals surface area (Å²) in [6.07, 6.45) is 4.22. The van der Waals surface area contributed by atoms with Crippen LogP contribution < -0.4 is 29.6 Å². The smallest absolute Gasteiger partial charge is 0.661 e. The van der Waals surface area contributed by atoms with Crippen LogP contribution in [0.5, 0.6) is 0 Å². The van der Waals surface area contributed by atoms with Crippen LogP contribution >= 0.6 is 0 Å². The predicted octanol–water partition coefficient (Wildman–Crippen LogP) is 1.22. The Morgan fingerprint density at radius 3 is 2.20 bits per heavy atom. The Morgan fingerprint density at radius 2 is 1.65 bits per heavy atom. The van der Waals surface area contributed by atoms with Crippen molar-refractivity contribution in [2.45, 2.75) is 49.9 Å². The van der Waals surface area contributed by atoms with Gasteiger partial charge >= 0.3 is 29.6 Å². The molecule has 1 radical (unpaired) electrons. The second-order valence-electron chi connectivity index (χ2n) is 5.43. The monoisotopic (exact) mass is 298 g/mol. The van der Waals surface area contributed by atoms with E-state index in [-0.39, 0.29) is 35.8 Å². The average molecular weight is 298 g/mol. The van der Waals surface area contributed by atoms with E-state index < -0.39 is 14.5 Å². The summed E-state index contributed by atoms with van der Waals surface area (Å²) in [7, 11) is 0. The van der Waals surface area contributed by atoms with E-state index in [1.807, 2.05) is 0 Å². The molecular weight excluding hydrogens is 272 g/mol. The molecule has 20 heavy (non-hydrogen) atoms. The van der Waals surface area contributed by atoms with Gasteiger partial charge in [0.15, 0.2) is 0 Å². The van der Waals surface area contributed by atoms with E-state index in [2.05, 4.69) is 49.1 Å². The van der Waals surface area contributed by atoms with E-state index in [4.69, 9.17) is 3.79 Å². The molecule has 0 N–H and O–H groups in total. The third-order valence-corrected chi connectivity index (χ3v) is 6.50. The van der Waals surface area contributed by atoms with Gasteiger partial charge in [-0.3, -0.25) is 4.90 Å². The minimum Gasteiger partial charge on any atom is -0.661 e. The molecule has 1 aromatic carbocycles. The molecule has 1 atom stereocenters. The summed E-state index contributed by atoms with van der Waals surface area (Å²) < 4.78 is 6.54. The van der Waals surface area contributed by atoms with Crippen molar-refractivity contribution in [1.29, 1.82) is 0 Å². The quantitative estimate of drug-likeness (QED) is 0.732. The van der Waals surface area contributed by atoms with Gasteiger partial charge in [0.1, 0.15) is 14.5 Å². The van der Waals surface area contributed by atoms with Crippen LogP contribution in [-0.4, -0.2) is 32.5 Å². The Hall–Kier alpha value is 0.672. The minimum atomic E-state index is -1.03. The van der Waals surface area contributed by atoms with E-state index in [1.165, 1.54) is 48.5 Å². The molecule has 1 heterocycles. The summed E-state index contributed by atoms with van der Waals surface area (Å²) in [6.45, 7) is 6.93. The largest absolute Gasteiger partial charge is 1.00 e. The predicted molar refractivity (Wildman–Crippen MR) is 82.4 cm³/mol. The average Bonchev–Trinajstić information content (AvgIpc) is 2.50. The normalized spacial score (nSPS) is 17.8. The first-order valence-corrected chi connectivity index (χ1v) is 9.90. The molecule has 2 nitrogen and oxygen atoms in total.